The molecule has 0 bridgehead atoms. The summed E-state index contributed by atoms with van der Waals surface area (Å²) in [4.78, 5) is 14.3. The number of carbonyl (C=O) groups is 1. The van der Waals surface area contributed by atoms with Crippen LogP contribution in [-0.2, 0) is 17.8 Å². The minimum Gasteiger partial charge on any atom is -0.361 e. The third-order valence-electron chi connectivity index (χ3n) is 4.43. The molecular weight excluding hydrogens is 314 g/mol. The molecule has 1 aromatic heterocycles. The second-order valence-corrected chi connectivity index (χ2v) is 6.29. The molecule has 2 aromatic rings. The van der Waals surface area contributed by atoms with Gasteiger partial charge in [0.25, 0.3) is 0 Å². The van der Waals surface area contributed by atoms with Crippen LogP contribution in [0, 0.1) is 25.5 Å². The summed E-state index contributed by atoms with van der Waals surface area (Å²) in [7, 11) is 0. The molecular formula is C18H20F2N2O2. The minimum atomic E-state index is -0.612. The number of carbonyl (C=O) groups excluding carboxylic acids is 1. The quantitative estimate of drug-likeness (QED) is 0.809. The van der Waals surface area contributed by atoms with Gasteiger partial charge in [-0.2, -0.15) is 0 Å². The van der Waals surface area contributed by atoms with Crippen LogP contribution in [0.2, 0.25) is 0 Å². The van der Waals surface area contributed by atoms with Crippen molar-refractivity contribution in [2.45, 2.75) is 52.1 Å². The molecule has 1 aliphatic carbocycles. The van der Waals surface area contributed by atoms with Crippen molar-refractivity contribution in [2.75, 3.05) is 0 Å². The Morgan fingerprint density at radius 3 is 2.67 bits per heavy atom. The number of aryl methyl sites for hydroxylation is 2. The van der Waals surface area contributed by atoms with Gasteiger partial charge in [0, 0.05) is 36.2 Å². The third kappa shape index (κ3) is 3.63. The zero-order chi connectivity index (χ0) is 17.3. The fourth-order valence-corrected chi connectivity index (χ4v) is 2.87. The first-order valence-electron chi connectivity index (χ1n) is 8.11. The molecule has 0 atom stereocenters. The predicted molar refractivity (Wildman–Crippen MR) is 84.2 cm³/mol. The fourth-order valence-electron chi connectivity index (χ4n) is 2.87. The first-order valence-corrected chi connectivity index (χ1v) is 8.11. The average Bonchev–Trinajstić information content (AvgIpc) is 3.31. The normalized spacial score (nSPS) is 14.0. The zero-order valence-electron chi connectivity index (χ0n) is 13.8. The van der Waals surface area contributed by atoms with Crippen LogP contribution in [0.5, 0.6) is 0 Å². The molecule has 1 aliphatic rings. The number of amides is 1. The largest absolute Gasteiger partial charge is 0.361 e. The average molecular weight is 334 g/mol. The molecule has 0 unspecified atom stereocenters. The van der Waals surface area contributed by atoms with Gasteiger partial charge >= 0.3 is 0 Å². The molecule has 6 heteroatoms. The second kappa shape index (κ2) is 6.71. The van der Waals surface area contributed by atoms with Gasteiger partial charge in [0.05, 0.1) is 5.69 Å². The maximum atomic E-state index is 13.9. The van der Waals surface area contributed by atoms with Gasteiger partial charge in [-0.15, -0.1) is 0 Å². The molecule has 0 spiro atoms. The van der Waals surface area contributed by atoms with E-state index in [9.17, 15) is 13.6 Å². The van der Waals surface area contributed by atoms with Crippen molar-refractivity contribution >= 4 is 5.91 Å². The lowest BCUT2D eigenvalue weighted by atomic mass is 10.1. The summed E-state index contributed by atoms with van der Waals surface area (Å²) in [6.07, 6.45) is 2.73. The van der Waals surface area contributed by atoms with Crippen molar-refractivity contribution in [1.29, 1.82) is 0 Å². The van der Waals surface area contributed by atoms with Crippen molar-refractivity contribution in [1.82, 2.24) is 10.1 Å². The molecule has 0 saturated heterocycles. The molecule has 0 radical (unpaired) electrons. The maximum absolute atomic E-state index is 13.9. The molecule has 4 nitrogen and oxygen atoms in total. The van der Waals surface area contributed by atoms with Crippen LogP contribution in [0.4, 0.5) is 8.78 Å². The minimum absolute atomic E-state index is 0.0266. The van der Waals surface area contributed by atoms with Crippen molar-refractivity contribution < 1.29 is 18.1 Å². The van der Waals surface area contributed by atoms with Gasteiger partial charge < -0.3 is 9.42 Å². The molecule has 1 amide bonds. The summed E-state index contributed by atoms with van der Waals surface area (Å²) >= 11 is 0. The van der Waals surface area contributed by atoms with E-state index in [1.54, 1.807) is 4.90 Å². The van der Waals surface area contributed by atoms with E-state index < -0.39 is 11.6 Å². The Bertz CT molecular complexity index is 734. The molecule has 128 valence electrons. The van der Waals surface area contributed by atoms with Gasteiger partial charge in [0.15, 0.2) is 0 Å². The first kappa shape index (κ1) is 16.6. The number of rotatable bonds is 6. The summed E-state index contributed by atoms with van der Waals surface area (Å²) in [5, 5.41) is 3.89. The van der Waals surface area contributed by atoms with Gasteiger partial charge in [-0.3, -0.25) is 4.79 Å². The highest BCUT2D eigenvalue weighted by atomic mass is 19.1. The van der Waals surface area contributed by atoms with Crippen LogP contribution in [-0.4, -0.2) is 22.0 Å². The van der Waals surface area contributed by atoms with Crippen molar-refractivity contribution in [3.8, 4) is 0 Å². The van der Waals surface area contributed by atoms with Crippen molar-refractivity contribution in [2.24, 2.45) is 0 Å². The van der Waals surface area contributed by atoms with Crippen LogP contribution in [0.1, 0.15) is 41.8 Å². The van der Waals surface area contributed by atoms with Crippen molar-refractivity contribution in [3.05, 3.63) is 52.4 Å². The Hall–Kier alpha value is -2.24. The zero-order valence-corrected chi connectivity index (χ0v) is 13.8. The van der Waals surface area contributed by atoms with E-state index in [0.29, 0.717) is 18.4 Å². The summed E-state index contributed by atoms with van der Waals surface area (Å²) in [6, 6.07) is 3.64. The highest BCUT2D eigenvalue weighted by Crippen LogP contribution is 2.30. The number of hydrogen-bond donors (Lipinski definition) is 0. The van der Waals surface area contributed by atoms with E-state index in [0.717, 1.165) is 35.9 Å². The number of aromatic nitrogens is 1. The topological polar surface area (TPSA) is 46.3 Å². The van der Waals surface area contributed by atoms with Crippen LogP contribution < -0.4 is 0 Å². The maximum Gasteiger partial charge on any atom is 0.223 e. The van der Waals surface area contributed by atoms with E-state index in [1.807, 2.05) is 13.8 Å². The highest BCUT2D eigenvalue weighted by Gasteiger charge is 2.33. The Morgan fingerprint density at radius 2 is 2.08 bits per heavy atom. The molecule has 24 heavy (non-hydrogen) atoms. The van der Waals surface area contributed by atoms with Crippen LogP contribution in [0.15, 0.2) is 22.7 Å². The van der Waals surface area contributed by atoms with Gasteiger partial charge in [-0.1, -0.05) is 11.2 Å². The van der Waals surface area contributed by atoms with E-state index >= 15 is 0 Å². The number of halogens is 2. The Balaban J connectivity index is 1.68. The molecule has 1 aromatic carbocycles. The monoisotopic (exact) mass is 334 g/mol. The van der Waals surface area contributed by atoms with E-state index in [1.165, 1.54) is 12.1 Å². The molecule has 0 N–H and O–H groups in total. The van der Waals surface area contributed by atoms with E-state index in [-0.39, 0.29) is 18.5 Å². The van der Waals surface area contributed by atoms with Crippen LogP contribution >= 0.6 is 0 Å². The number of hydrogen-bond acceptors (Lipinski definition) is 3. The predicted octanol–water partition coefficient (Wildman–Crippen LogP) is 3.69. The highest BCUT2D eigenvalue weighted by molar-refractivity contribution is 5.77. The Kier molecular flexibility index (Phi) is 4.64. The lowest BCUT2D eigenvalue weighted by Gasteiger charge is -2.23. The van der Waals surface area contributed by atoms with Gasteiger partial charge in [0.2, 0.25) is 5.91 Å². The van der Waals surface area contributed by atoms with E-state index in [2.05, 4.69) is 5.16 Å². The van der Waals surface area contributed by atoms with E-state index in [4.69, 9.17) is 4.52 Å². The van der Waals surface area contributed by atoms with Gasteiger partial charge in [-0.25, -0.2) is 8.78 Å². The number of nitrogens with zero attached hydrogens (tertiary/aromatic N) is 2. The molecule has 1 heterocycles. The van der Waals surface area contributed by atoms with Gasteiger partial charge in [0.1, 0.15) is 17.4 Å². The first-order chi connectivity index (χ1) is 11.5. The van der Waals surface area contributed by atoms with Crippen molar-refractivity contribution in [3.63, 3.8) is 0 Å². The molecule has 1 saturated carbocycles. The van der Waals surface area contributed by atoms with Crippen LogP contribution in [0.3, 0.4) is 0 Å². The van der Waals surface area contributed by atoms with Gasteiger partial charge in [-0.05, 0) is 39.2 Å². The van der Waals surface area contributed by atoms with Crippen LogP contribution in [0.25, 0.3) is 0 Å². The lowest BCUT2D eigenvalue weighted by Crippen LogP contribution is -2.33. The number of benzene rings is 1. The smallest absolute Gasteiger partial charge is 0.223 e. The molecule has 0 aliphatic heterocycles. The fraction of sp³-hybridized carbons (Fsp3) is 0.444. The SMILES string of the molecule is Cc1noc(C)c1CCC(=O)N(Cc1ccc(F)cc1F)C1CC1. The molecule has 1 fully saturated rings. The third-order valence-corrected chi connectivity index (χ3v) is 4.43. The Morgan fingerprint density at radius 1 is 1.33 bits per heavy atom. The summed E-state index contributed by atoms with van der Waals surface area (Å²) in [6.45, 7) is 3.85. The molecule has 3 rings (SSSR count). The standard InChI is InChI=1S/C18H20F2N2O2/c1-11-16(12(2)24-21-11)7-8-18(23)22(15-5-6-15)10-13-3-4-14(19)9-17(13)20/h3-4,9,15H,5-8,10H2,1-2H3. The lowest BCUT2D eigenvalue weighted by molar-refractivity contribution is -0.132. The summed E-state index contributed by atoms with van der Waals surface area (Å²) in [5.74, 6) is -0.526. The summed E-state index contributed by atoms with van der Waals surface area (Å²) in [5.41, 5.74) is 2.09. The Labute approximate surface area is 139 Å². The second-order valence-electron chi connectivity index (χ2n) is 6.29. The summed E-state index contributed by atoms with van der Waals surface area (Å²) < 4.78 is 32.0.